The molecule has 138 valence electrons. The van der Waals surface area contributed by atoms with Crippen molar-refractivity contribution in [1.29, 1.82) is 0 Å². The number of rotatable bonds is 7. The van der Waals surface area contributed by atoms with Gasteiger partial charge in [0.25, 0.3) is 0 Å². The first kappa shape index (κ1) is 18.8. The molecule has 1 atom stereocenters. The van der Waals surface area contributed by atoms with Gasteiger partial charge in [0.1, 0.15) is 21.9 Å². The van der Waals surface area contributed by atoms with Gasteiger partial charge in [0.2, 0.25) is 0 Å². The summed E-state index contributed by atoms with van der Waals surface area (Å²) in [6, 6.07) is 4.44. The van der Waals surface area contributed by atoms with Crippen LogP contribution in [0.5, 0.6) is 0 Å². The predicted molar refractivity (Wildman–Crippen MR) is 107 cm³/mol. The lowest BCUT2D eigenvalue weighted by Gasteiger charge is -2.24. The van der Waals surface area contributed by atoms with Gasteiger partial charge in [-0.3, -0.25) is 0 Å². The van der Waals surface area contributed by atoms with Gasteiger partial charge in [-0.1, -0.05) is 6.07 Å². The summed E-state index contributed by atoms with van der Waals surface area (Å²) in [7, 11) is 4.13. The van der Waals surface area contributed by atoms with Crippen molar-refractivity contribution in [3.8, 4) is 0 Å². The Kier molecular flexibility index (Phi) is 5.85. The van der Waals surface area contributed by atoms with Crippen LogP contribution < -0.4 is 5.32 Å². The lowest BCUT2D eigenvalue weighted by molar-refractivity contribution is 0.0531. The number of hydrogen-bond acceptors (Lipinski definition) is 8. The molecule has 0 fully saturated rings. The number of carbonyl (C=O) groups is 1. The Labute approximate surface area is 160 Å². The minimum Gasteiger partial charge on any atom is -0.462 e. The van der Waals surface area contributed by atoms with E-state index in [2.05, 4.69) is 51.8 Å². The van der Waals surface area contributed by atoms with Crippen LogP contribution in [0.3, 0.4) is 0 Å². The zero-order valence-electron chi connectivity index (χ0n) is 15.3. The summed E-state index contributed by atoms with van der Waals surface area (Å²) in [6.45, 7) is 4.79. The number of aryl methyl sites for hydroxylation is 1. The summed E-state index contributed by atoms with van der Waals surface area (Å²) in [5.74, 6) is 0.450. The van der Waals surface area contributed by atoms with Gasteiger partial charge < -0.3 is 15.0 Å². The molecule has 0 aromatic carbocycles. The lowest BCUT2D eigenvalue weighted by Crippen LogP contribution is -2.26. The van der Waals surface area contributed by atoms with Crippen molar-refractivity contribution >= 4 is 44.7 Å². The molecule has 3 aromatic heterocycles. The highest BCUT2D eigenvalue weighted by atomic mass is 32.1. The molecular formula is C18H22N4O2S2. The van der Waals surface area contributed by atoms with E-state index in [0.29, 0.717) is 18.0 Å². The molecule has 26 heavy (non-hydrogen) atoms. The third-order valence-electron chi connectivity index (χ3n) is 4.15. The number of carbonyl (C=O) groups excluding carboxylic acids is 1. The summed E-state index contributed by atoms with van der Waals surface area (Å²) >= 11 is 3.09. The third-order valence-corrected chi connectivity index (χ3v) is 6.30. The molecule has 0 aliphatic heterocycles. The highest BCUT2D eigenvalue weighted by Gasteiger charge is 2.21. The van der Waals surface area contributed by atoms with Crippen LogP contribution in [-0.4, -0.2) is 48.1 Å². The van der Waals surface area contributed by atoms with Crippen LogP contribution in [0.2, 0.25) is 0 Å². The molecule has 0 bridgehead atoms. The van der Waals surface area contributed by atoms with Crippen molar-refractivity contribution in [2.75, 3.05) is 32.6 Å². The highest BCUT2D eigenvalue weighted by molar-refractivity contribution is 7.20. The number of fused-ring (bicyclic) bond motifs is 1. The lowest BCUT2D eigenvalue weighted by atomic mass is 10.2. The molecule has 3 rings (SSSR count). The number of anilines is 1. The number of likely N-dealkylation sites (N-methyl/N-ethyl adjacent to an activating group) is 1. The summed E-state index contributed by atoms with van der Waals surface area (Å²) in [5, 5.41) is 6.43. The fourth-order valence-electron chi connectivity index (χ4n) is 2.81. The topological polar surface area (TPSA) is 67.3 Å². The van der Waals surface area contributed by atoms with Crippen molar-refractivity contribution < 1.29 is 9.53 Å². The first-order valence-corrected chi connectivity index (χ1v) is 10.1. The normalized spacial score (nSPS) is 12.5. The monoisotopic (exact) mass is 390 g/mol. The Morgan fingerprint density at radius 3 is 2.85 bits per heavy atom. The summed E-state index contributed by atoms with van der Waals surface area (Å²) < 4.78 is 5.15. The minimum atomic E-state index is -0.302. The molecule has 0 radical (unpaired) electrons. The SMILES string of the molecule is CCOC(=O)c1sc2ncnc(NC[C@@H](c3cccs3)N(C)C)c2c1C. The average Bonchev–Trinajstić information content (AvgIpc) is 3.24. The van der Waals surface area contributed by atoms with E-state index in [1.807, 2.05) is 6.92 Å². The third kappa shape index (κ3) is 3.72. The van der Waals surface area contributed by atoms with E-state index in [-0.39, 0.29) is 12.0 Å². The number of esters is 1. The van der Waals surface area contributed by atoms with Gasteiger partial charge in [0.15, 0.2) is 0 Å². The fourth-order valence-corrected chi connectivity index (χ4v) is 4.77. The van der Waals surface area contributed by atoms with Crippen molar-refractivity contribution in [3.05, 3.63) is 39.2 Å². The van der Waals surface area contributed by atoms with Crippen LogP contribution in [0.1, 0.15) is 33.1 Å². The van der Waals surface area contributed by atoms with Gasteiger partial charge in [0, 0.05) is 11.4 Å². The number of nitrogens with zero attached hydrogens (tertiary/aromatic N) is 3. The van der Waals surface area contributed by atoms with E-state index < -0.39 is 0 Å². The highest BCUT2D eigenvalue weighted by Crippen LogP contribution is 2.34. The van der Waals surface area contributed by atoms with Gasteiger partial charge in [-0.05, 0) is 45.0 Å². The molecule has 0 saturated heterocycles. The molecule has 0 spiro atoms. The smallest absolute Gasteiger partial charge is 0.348 e. The Hall–Kier alpha value is -2.03. The van der Waals surface area contributed by atoms with Crippen LogP contribution in [0, 0.1) is 6.92 Å². The Morgan fingerprint density at radius 2 is 2.19 bits per heavy atom. The van der Waals surface area contributed by atoms with E-state index in [1.165, 1.54) is 22.5 Å². The first-order valence-electron chi connectivity index (χ1n) is 8.37. The molecular weight excluding hydrogens is 368 g/mol. The van der Waals surface area contributed by atoms with Crippen LogP contribution in [0.4, 0.5) is 5.82 Å². The number of ether oxygens (including phenoxy) is 1. The number of hydrogen-bond donors (Lipinski definition) is 1. The Morgan fingerprint density at radius 1 is 1.38 bits per heavy atom. The van der Waals surface area contributed by atoms with Crippen LogP contribution in [0.15, 0.2) is 23.8 Å². The molecule has 0 aliphatic rings. The largest absolute Gasteiger partial charge is 0.462 e. The molecule has 8 heteroatoms. The van der Waals surface area contributed by atoms with Gasteiger partial charge in [-0.15, -0.1) is 22.7 Å². The van der Waals surface area contributed by atoms with Crippen molar-refractivity contribution in [2.24, 2.45) is 0 Å². The van der Waals surface area contributed by atoms with E-state index in [1.54, 1.807) is 18.3 Å². The Balaban J connectivity index is 1.89. The van der Waals surface area contributed by atoms with Crippen LogP contribution in [-0.2, 0) is 4.74 Å². The van der Waals surface area contributed by atoms with Gasteiger partial charge in [-0.2, -0.15) is 0 Å². The second kappa shape index (κ2) is 8.11. The average molecular weight is 391 g/mol. The molecule has 0 aliphatic carbocycles. The molecule has 3 aromatic rings. The van der Waals surface area contributed by atoms with Crippen molar-refractivity contribution in [1.82, 2.24) is 14.9 Å². The zero-order valence-corrected chi connectivity index (χ0v) is 16.9. The minimum absolute atomic E-state index is 0.239. The molecule has 3 heterocycles. The van der Waals surface area contributed by atoms with Crippen LogP contribution >= 0.6 is 22.7 Å². The van der Waals surface area contributed by atoms with Gasteiger partial charge in [-0.25, -0.2) is 14.8 Å². The quantitative estimate of drug-likeness (QED) is 0.616. The maximum Gasteiger partial charge on any atom is 0.348 e. The number of nitrogens with one attached hydrogen (secondary N) is 1. The van der Waals surface area contributed by atoms with E-state index >= 15 is 0 Å². The van der Waals surface area contributed by atoms with E-state index in [9.17, 15) is 4.79 Å². The van der Waals surface area contributed by atoms with Crippen molar-refractivity contribution in [2.45, 2.75) is 19.9 Å². The van der Waals surface area contributed by atoms with Gasteiger partial charge in [0.05, 0.1) is 18.0 Å². The zero-order chi connectivity index (χ0) is 18.7. The summed E-state index contributed by atoms with van der Waals surface area (Å²) in [6.07, 6.45) is 1.53. The summed E-state index contributed by atoms with van der Waals surface area (Å²) in [5.41, 5.74) is 0.865. The second-order valence-corrected chi connectivity index (χ2v) is 8.03. The summed E-state index contributed by atoms with van der Waals surface area (Å²) in [4.78, 5) is 25.8. The Bertz CT molecular complexity index is 890. The molecule has 0 amide bonds. The molecule has 0 unspecified atom stereocenters. The number of aromatic nitrogens is 2. The molecule has 0 saturated carbocycles. The van der Waals surface area contributed by atoms with Crippen LogP contribution in [0.25, 0.3) is 10.2 Å². The van der Waals surface area contributed by atoms with Crippen molar-refractivity contribution in [3.63, 3.8) is 0 Å². The maximum absolute atomic E-state index is 12.2. The van der Waals surface area contributed by atoms with E-state index in [0.717, 1.165) is 21.6 Å². The fraction of sp³-hybridized carbons (Fsp3) is 0.389. The first-order chi connectivity index (χ1) is 12.5. The maximum atomic E-state index is 12.2. The standard InChI is InChI=1S/C18H22N4O2S2/c1-5-24-18(23)15-11(2)14-16(20-10-21-17(14)26-15)19-9-12(22(3)4)13-7-6-8-25-13/h6-8,10,12H,5,9H2,1-4H3,(H,19,20,21)/t12-/m0/s1. The van der Waals surface area contributed by atoms with Gasteiger partial charge >= 0.3 is 5.97 Å². The van der Waals surface area contributed by atoms with E-state index in [4.69, 9.17) is 4.74 Å². The molecule has 6 nitrogen and oxygen atoms in total. The predicted octanol–water partition coefficient (Wildman–Crippen LogP) is 3.95. The second-order valence-electron chi connectivity index (χ2n) is 6.05. The number of thiophene rings is 2. The molecule has 1 N–H and O–H groups in total.